The van der Waals surface area contributed by atoms with Gasteiger partial charge in [-0.2, -0.15) is 0 Å². The fourth-order valence-corrected chi connectivity index (χ4v) is 8.36. The van der Waals surface area contributed by atoms with Crippen LogP contribution in [0.3, 0.4) is 0 Å². The van der Waals surface area contributed by atoms with E-state index < -0.39 is 0 Å². The molecule has 0 spiro atoms. The summed E-state index contributed by atoms with van der Waals surface area (Å²) < 4.78 is 15.8. The maximum atomic E-state index is 9.72. The molecule has 1 aliphatic carbocycles. The predicted molar refractivity (Wildman–Crippen MR) is 274 cm³/mol. The second-order valence-corrected chi connectivity index (χ2v) is 17.4. The van der Waals surface area contributed by atoms with E-state index in [1.165, 1.54) is 66.5 Å². The van der Waals surface area contributed by atoms with Crippen LogP contribution in [0.2, 0.25) is 0 Å². The van der Waals surface area contributed by atoms with Crippen molar-refractivity contribution in [3.05, 3.63) is 179 Å². The highest BCUT2D eigenvalue weighted by Gasteiger charge is 2.17. The average Bonchev–Trinajstić information content (AvgIpc) is 3.36. The van der Waals surface area contributed by atoms with E-state index in [4.69, 9.17) is 14.2 Å². The highest BCUT2D eigenvalue weighted by atomic mass is 16.5. The molecular weight excluding hydrogens is 835 g/mol. The molecule has 1 aliphatic rings. The van der Waals surface area contributed by atoms with E-state index in [2.05, 4.69) is 64.1 Å². The van der Waals surface area contributed by atoms with Gasteiger partial charge in [0, 0.05) is 19.6 Å². The lowest BCUT2D eigenvalue weighted by Gasteiger charge is -2.30. The molecule has 67 heavy (non-hydrogen) atoms. The molecule has 0 amide bonds. The smallest absolute Gasteiger partial charge is 0.119 e. The van der Waals surface area contributed by atoms with Crippen LogP contribution in [-0.2, 0) is 38.5 Å². The number of hydrogen-bond acceptors (Lipinski definition) is 9. The lowest BCUT2D eigenvalue weighted by molar-refractivity contribution is 0.204. The normalized spacial score (nSPS) is 12.4. The van der Waals surface area contributed by atoms with Crippen molar-refractivity contribution in [1.82, 2.24) is 15.5 Å². The standard InChI is InChI=1S/C24H33NO2.2C17H21NO2/c1-27-24-12-6-10-21(18-24)14-16-25(19-22-7-3-2-4-8-22)15-13-20-9-5-11-23(26)17-20;1-20-17-7-3-5-15(13-17)9-11-18-10-8-14-4-2-6-16(19)12-14;1-20-17-4-2-3-15(13-17)10-12-18-11-9-14-5-7-16(19)8-6-14/h5-6,9-12,17-18,22,26H,2-4,7-8,13-16,19H2,1H3;2-7,12-13,18-19H,8-11H2,1H3;2-8,13,18-19H,9-12H2,1H3. The molecule has 0 radical (unpaired) electrons. The van der Waals surface area contributed by atoms with E-state index in [1.807, 2.05) is 72.8 Å². The molecule has 9 heteroatoms. The second-order valence-electron chi connectivity index (χ2n) is 17.4. The van der Waals surface area contributed by atoms with Gasteiger partial charge in [0.15, 0.2) is 0 Å². The summed E-state index contributed by atoms with van der Waals surface area (Å²) in [4.78, 5) is 2.62. The van der Waals surface area contributed by atoms with Crippen molar-refractivity contribution < 1.29 is 29.5 Å². The Hall–Kier alpha value is -6.00. The first kappa shape index (κ1) is 52.0. The average molecular weight is 910 g/mol. The second kappa shape index (κ2) is 30.3. The van der Waals surface area contributed by atoms with Crippen molar-refractivity contribution in [3.8, 4) is 34.5 Å². The van der Waals surface area contributed by atoms with Gasteiger partial charge in [-0.25, -0.2) is 0 Å². The van der Waals surface area contributed by atoms with Crippen molar-refractivity contribution in [2.75, 3.05) is 67.1 Å². The zero-order chi connectivity index (χ0) is 47.3. The molecule has 0 atom stereocenters. The molecule has 7 rings (SSSR count). The summed E-state index contributed by atoms with van der Waals surface area (Å²) >= 11 is 0. The predicted octanol–water partition coefficient (Wildman–Crippen LogP) is 10.6. The minimum atomic E-state index is 0.319. The number of rotatable bonds is 23. The van der Waals surface area contributed by atoms with Gasteiger partial charge in [0.2, 0.25) is 0 Å². The molecular formula is C58H75N3O6. The molecule has 0 unspecified atom stereocenters. The summed E-state index contributed by atoms with van der Waals surface area (Å²) in [7, 11) is 5.10. The van der Waals surface area contributed by atoms with Gasteiger partial charge in [0.05, 0.1) is 21.3 Å². The quantitative estimate of drug-likeness (QED) is 0.0401. The SMILES string of the molecule is COc1cccc(CCN(CCc2cccc(O)c2)CC2CCCCC2)c1.COc1cccc(CCNCCc2ccc(O)cc2)c1.COc1cccc(CCNCCc2cccc(O)c2)c1. The molecule has 6 aromatic rings. The number of benzene rings is 6. The van der Waals surface area contributed by atoms with Crippen LogP contribution in [0, 0.1) is 5.92 Å². The third-order valence-electron chi connectivity index (χ3n) is 12.2. The minimum Gasteiger partial charge on any atom is -0.508 e. The molecule has 0 saturated heterocycles. The summed E-state index contributed by atoms with van der Waals surface area (Å²) in [5.41, 5.74) is 7.48. The summed E-state index contributed by atoms with van der Waals surface area (Å²) in [5, 5.41) is 35.2. The van der Waals surface area contributed by atoms with Crippen LogP contribution >= 0.6 is 0 Å². The van der Waals surface area contributed by atoms with E-state index in [9.17, 15) is 15.3 Å². The molecule has 0 aromatic heterocycles. The van der Waals surface area contributed by atoms with Crippen molar-refractivity contribution in [1.29, 1.82) is 0 Å². The Bertz CT molecular complexity index is 2260. The van der Waals surface area contributed by atoms with Crippen LogP contribution < -0.4 is 24.8 Å². The Morgan fingerprint density at radius 2 is 0.791 bits per heavy atom. The van der Waals surface area contributed by atoms with Crippen molar-refractivity contribution in [3.63, 3.8) is 0 Å². The fourth-order valence-electron chi connectivity index (χ4n) is 8.36. The molecule has 6 aromatic carbocycles. The molecule has 5 N–H and O–H groups in total. The zero-order valence-electron chi connectivity index (χ0n) is 40.2. The van der Waals surface area contributed by atoms with Crippen LogP contribution in [-0.4, -0.2) is 87.4 Å². The zero-order valence-corrected chi connectivity index (χ0v) is 40.2. The number of phenols is 3. The van der Waals surface area contributed by atoms with Crippen LogP contribution in [0.4, 0.5) is 0 Å². The highest BCUT2D eigenvalue weighted by Crippen LogP contribution is 2.25. The van der Waals surface area contributed by atoms with Gasteiger partial charge in [0.25, 0.3) is 0 Å². The molecule has 1 fully saturated rings. The van der Waals surface area contributed by atoms with Gasteiger partial charge < -0.3 is 45.1 Å². The van der Waals surface area contributed by atoms with E-state index >= 15 is 0 Å². The Labute approximate surface area is 400 Å². The number of nitrogens with zero attached hydrogens (tertiary/aromatic N) is 1. The molecule has 0 bridgehead atoms. The lowest BCUT2D eigenvalue weighted by Crippen LogP contribution is -2.34. The van der Waals surface area contributed by atoms with Gasteiger partial charge in [0.1, 0.15) is 34.5 Å². The molecule has 9 nitrogen and oxygen atoms in total. The third-order valence-corrected chi connectivity index (χ3v) is 12.2. The van der Waals surface area contributed by atoms with Gasteiger partial charge in [-0.05, 0) is 190 Å². The number of phenolic OH excluding ortho intramolecular Hbond substituents is 3. The van der Waals surface area contributed by atoms with E-state index in [0.717, 1.165) is 107 Å². The van der Waals surface area contributed by atoms with E-state index in [0.29, 0.717) is 17.2 Å². The number of methoxy groups -OCH3 is 3. The van der Waals surface area contributed by atoms with E-state index in [-0.39, 0.29) is 0 Å². The maximum Gasteiger partial charge on any atom is 0.119 e. The first-order valence-corrected chi connectivity index (χ1v) is 24.1. The molecule has 0 aliphatic heterocycles. The van der Waals surface area contributed by atoms with E-state index in [1.54, 1.807) is 45.6 Å². The van der Waals surface area contributed by atoms with Crippen molar-refractivity contribution in [2.45, 2.75) is 70.6 Å². The number of ether oxygens (including phenoxy) is 3. The summed E-state index contributed by atoms with van der Waals surface area (Å²) in [6.45, 7) is 7.05. The number of hydrogen-bond donors (Lipinski definition) is 5. The van der Waals surface area contributed by atoms with Gasteiger partial charge >= 0.3 is 0 Å². The molecule has 1 saturated carbocycles. The number of aromatic hydroxyl groups is 3. The van der Waals surface area contributed by atoms with Crippen molar-refractivity contribution in [2.24, 2.45) is 5.92 Å². The molecule has 358 valence electrons. The van der Waals surface area contributed by atoms with Crippen LogP contribution in [0.1, 0.15) is 65.5 Å². The Morgan fingerprint density at radius 3 is 1.21 bits per heavy atom. The summed E-state index contributed by atoms with van der Waals surface area (Å²) in [6, 6.07) is 47.2. The Morgan fingerprint density at radius 1 is 0.418 bits per heavy atom. The topological polar surface area (TPSA) is 116 Å². The molecule has 0 heterocycles. The van der Waals surface area contributed by atoms with Crippen LogP contribution in [0.15, 0.2) is 146 Å². The largest absolute Gasteiger partial charge is 0.508 e. The maximum absolute atomic E-state index is 9.72. The first-order chi connectivity index (χ1) is 32.8. The number of nitrogens with one attached hydrogen (secondary N) is 2. The van der Waals surface area contributed by atoms with Gasteiger partial charge in [-0.1, -0.05) is 92.1 Å². The summed E-state index contributed by atoms with van der Waals surface area (Å²) in [5.74, 6) is 4.61. The fraction of sp³-hybridized carbons (Fsp3) is 0.379. The van der Waals surface area contributed by atoms with Gasteiger partial charge in [-0.15, -0.1) is 0 Å². The van der Waals surface area contributed by atoms with Gasteiger partial charge in [-0.3, -0.25) is 0 Å². The lowest BCUT2D eigenvalue weighted by atomic mass is 9.89. The minimum absolute atomic E-state index is 0.319. The third kappa shape index (κ3) is 21.0. The Kier molecular flexibility index (Phi) is 23.5. The van der Waals surface area contributed by atoms with Crippen molar-refractivity contribution >= 4 is 0 Å². The first-order valence-electron chi connectivity index (χ1n) is 24.1. The summed E-state index contributed by atoms with van der Waals surface area (Å²) in [6.07, 6.45) is 12.8. The monoisotopic (exact) mass is 910 g/mol. The highest BCUT2D eigenvalue weighted by molar-refractivity contribution is 5.32. The Balaban J connectivity index is 0.000000192. The van der Waals surface area contributed by atoms with Crippen LogP contribution in [0.5, 0.6) is 34.5 Å². The van der Waals surface area contributed by atoms with Crippen LogP contribution in [0.25, 0.3) is 0 Å².